The van der Waals surface area contributed by atoms with Gasteiger partial charge in [-0.3, -0.25) is 15.1 Å². The van der Waals surface area contributed by atoms with Crippen LogP contribution in [0.4, 0.5) is 11.4 Å². The summed E-state index contributed by atoms with van der Waals surface area (Å²) < 4.78 is 0. The second kappa shape index (κ2) is 3.14. The van der Waals surface area contributed by atoms with Crippen LogP contribution in [0.15, 0.2) is 12.3 Å². The van der Waals surface area contributed by atoms with Gasteiger partial charge >= 0.3 is 0 Å². The maximum Gasteiger partial charge on any atom is 0.294 e. The molecule has 1 N–H and O–H groups in total. The van der Waals surface area contributed by atoms with E-state index in [-0.39, 0.29) is 11.4 Å². The molecule has 0 aromatic carbocycles. The van der Waals surface area contributed by atoms with Crippen LogP contribution in [0, 0.1) is 22.2 Å². The lowest BCUT2D eigenvalue weighted by atomic mass is 10.3. The lowest BCUT2D eigenvalue weighted by Gasteiger charge is -2.08. The first-order chi connectivity index (χ1) is 5.65. The average molecular weight is 168 g/mol. The van der Waals surface area contributed by atoms with Crippen molar-refractivity contribution in [1.29, 1.82) is 0 Å². The molecular formula is C6H6N3O3-. The largest absolute Gasteiger partial charge is 0.761 e. The van der Waals surface area contributed by atoms with Gasteiger partial charge in [0.05, 0.1) is 11.1 Å². The fraction of sp³-hybridized carbons (Fsp3) is 0.167. The van der Waals surface area contributed by atoms with E-state index in [2.05, 4.69) is 4.98 Å². The van der Waals surface area contributed by atoms with E-state index in [1.807, 2.05) is 0 Å². The summed E-state index contributed by atoms with van der Waals surface area (Å²) >= 11 is 0. The van der Waals surface area contributed by atoms with Crippen LogP contribution in [-0.4, -0.2) is 9.91 Å². The zero-order valence-electron chi connectivity index (χ0n) is 6.27. The Bertz CT molecular complexity index is 313. The third-order valence-electron chi connectivity index (χ3n) is 1.33. The summed E-state index contributed by atoms with van der Waals surface area (Å²) in [5, 5.41) is 20.5. The number of pyridine rings is 1. The van der Waals surface area contributed by atoms with Crippen molar-refractivity contribution in [3.05, 3.63) is 33.3 Å². The van der Waals surface area contributed by atoms with Gasteiger partial charge in [-0.05, 0) is 6.92 Å². The fourth-order valence-corrected chi connectivity index (χ4v) is 0.775. The minimum Gasteiger partial charge on any atom is -0.761 e. The SMILES string of the molecule is Cc1cc([N+](=O)[O-])c(N[O-])cn1. The van der Waals surface area contributed by atoms with Gasteiger partial charge in [0.25, 0.3) is 5.69 Å². The van der Waals surface area contributed by atoms with Crippen LogP contribution in [0.2, 0.25) is 0 Å². The van der Waals surface area contributed by atoms with Crippen LogP contribution in [0.5, 0.6) is 0 Å². The molecule has 0 aliphatic rings. The molecule has 0 spiro atoms. The van der Waals surface area contributed by atoms with E-state index in [1.54, 1.807) is 6.92 Å². The smallest absolute Gasteiger partial charge is 0.294 e. The quantitative estimate of drug-likeness (QED) is 0.529. The van der Waals surface area contributed by atoms with Gasteiger partial charge in [-0.1, -0.05) is 0 Å². The highest BCUT2D eigenvalue weighted by Gasteiger charge is 2.11. The van der Waals surface area contributed by atoms with E-state index in [0.717, 1.165) is 6.20 Å². The minimum absolute atomic E-state index is 0.120. The molecule has 0 radical (unpaired) electrons. The predicted octanol–water partition coefficient (Wildman–Crippen LogP) is 1.21. The second-order valence-corrected chi connectivity index (χ2v) is 2.20. The van der Waals surface area contributed by atoms with Crippen LogP contribution < -0.4 is 5.48 Å². The van der Waals surface area contributed by atoms with Gasteiger partial charge < -0.3 is 10.7 Å². The Morgan fingerprint density at radius 1 is 1.67 bits per heavy atom. The fourth-order valence-electron chi connectivity index (χ4n) is 0.775. The molecule has 6 heteroatoms. The summed E-state index contributed by atoms with van der Waals surface area (Å²) in [6.07, 6.45) is 1.14. The third kappa shape index (κ3) is 1.48. The first-order valence-electron chi connectivity index (χ1n) is 3.14. The van der Waals surface area contributed by atoms with Crippen molar-refractivity contribution in [1.82, 2.24) is 4.98 Å². The molecule has 0 aliphatic heterocycles. The molecule has 6 nitrogen and oxygen atoms in total. The maximum atomic E-state index is 10.3. The Hall–Kier alpha value is -1.69. The summed E-state index contributed by atoms with van der Waals surface area (Å²) in [5.41, 5.74) is 1.58. The van der Waals surface area contributed by atoms with E-state index in [1.165, 1.54) is 11.5 Å². The molecule has 0 aliphatic carbocycles. The molecule has 0 fully saturated rings. The molecule has 12 heavy (non-hydrogen) atoms. The van der Waals surface area contributed by atoms with Crippen LogP contribution in [0.1, 0.15) is 5.69 Å². The van der Waals surface area contributed by atoms with E-state index < -0.39 is 4.92 Å². The molecule has 0 saturated heterocycles. The van der Waals surface area contributed by atoms with Crippen molar-refractivity contribution in [3.8, 4) is 0 Å². The number of aromatic nitrogens is 1. The van der Waals surface area contributed by atoms with Crippen LogP contribution >= 0.6 is 0 Å². The first-order valence-corrected chi connectivity index (χ1v) is 3.14. The second-order valence-electron chi connectivity index (χ2n) is 2.20. The number of anilines is 1. The molecule has 1 aromatic rings. The molecule has 64 valence electrons. The molecule has 1 rings (SSSR count). The van der Waals surface area contributed by atoms with Crippen molar-refractivity contribution in [2.24, 2.45) is 0 Å². The lowest BCUT2D eigenvalue weighted by molar-refractivity contribution is -0.384. The van der Waals surface area contributed by atoms with Crippen LogP contribution in [0.3, 0.4) is 0 Å². The number of nitro groups is 1. The molecule has 0 unspecified atom stereocenters. The van der Waals surface area contributed by atoms with E-state index >= 15 is 0 Å². The van der Waals surface area contributed by atoms with Gasteiger partial charge in [0, 0.05) is 11.8 Å². The highest BCUT2D eigenvalue weighted by molar-refractivity contribution is 5.60. The Balaban J connectivity index is 3.21. The van der Waals surface area contributed by atoms with Gasteiger partial charge in [-0.2, -0.15) is 0 Å². The lowest BCUT2D eigenvalue weighted by Crippen LogP contribution is -1.96. The summed E-state index contributed by atoms with van der Waals surface area (Å²) in [7, 11) is 0. The minimum atomic E-state index is -0.630. The third-order valence-corrected chi connectivity index (χ3v) is 1.33. The van der Waals surface area contributed by atoms with Crippen molar-refractivity contribution < 1.29 is 4.92 Å². The number of nitrogens with zero attached hydrogens (tertiary/aromatic N) is 2. The van der Waals surface area contributed by atoms with Crippen LogP contribution in [-0.2, 0) is 0 Å². The highest BCUT2D eigenvalue weighted by Crippen LogP contribution is 2.22. The van der Waals surface area contributed by atoms with Crippen molar-refractivity contribution >= 4 is 11.4 Å². The molecule has 0 amide bonds. The Morgan fingerprint density at radius 2 is 2.33 bits per heavy atom. The standard InChI is InChI=1S/C6H6N3O3/c1-4-2-6(9(11)12)5(8-10)3-7-4/h2-3,8H,1H3/q-1. The van der Waals surface area contributed by atoms with E-state index in [9.17, 15) is 15.3 Å². The number of nitrogens with one attached hydrogen (secondary N) is 1. The highest BCUT2D eigenvalue weighted by atomic mass is 16.6. The van der Waals surface area contributed by atoms with Gasteiger partial charge in [0.15, 0.2) is 0 Å². The maximum absolute atomic E-state index is 10.3. The Kier molecular flexibility index (Phi) is 2.20. The van der Waals surface area contributed by atoms with Gasteiger partial charge in [-0.25, -0.2) is 0 Å². The monoisotopic (exact) mass is 168 g/mol. The summed E-state index contributed by atoms with van der Waals surface area (Å²) in [5.74, 6) is 0. The number of hydrogen-bond donors (Lipinski definition) is 1. The van der Waals surface area contributed by atoms with Gasteiger partial charge in [-0.15, -0.1) is 0 Å². The molecule has 0 atom stereocenters. The molecule has 0 saturated carbocycles. The van der Waals surface area contributed by atoms with Gasteiger partial charge in [0.1, 0.15) is 5.69 Å². The molecule has 0 bridgehead atoms. The van der Waals surface area contributed by atoms with Gasteiger partial charge in [0.2, 0.25) is 0 Å². The summed E-state index contributed by atoms with van der Waals surface area (Å²) in [4.78, 5) is 13.4. The Labute approximate surface area is 68.0 Å². The number of aryl methyl sites for hydroxylation is 1. The molecule has 1 heterocycles. The molecule has 1 aromatic heterocycles. The van der Waals surface area contributed by atoms with E-state index in [0.29, 0.717) is 5.69 Å². The topological polar surface area (TPSA) is 91.1 Å². The zero-order chi connectivity index (χ0) is 9.14. The number of hydrogen-bond acceptors (Lipinski definition) is 5. The zero-order valence-corrected chi connectivity index (χ0v) is 6.27. The first kappa shape index (κ1) is 8.41. The molecular weight excluding hydrogens is 162 g/mol. The summed E-state index contributed by atoms with van der Waals surface area (Å²) in [6.45, 7) is 1.61. The number of rotatable bonds is 2. The predicted molar refractivity (Wildman–Crippen MR) is 42.6 cm³/mol. The van der Waals surface area contributed by atoms with Crippen molar-refractivity contribution in [2.45, 2.75) is 6.92 Å². The van der Waals surface area contributed by atoms with Crippen molar-refractivity contribution in [2.75, 3.05) is 5.48 Å². The van der Waals surface area contributed by atoms with Crippen molar-refractivity contribution in [3.63, 3.8) is 0 Å². The van der Waals surface area contributed by atoms with Crippen LogP contribution in [0.25, 0.3) is 0 Å². The summed E-state index contributed by atoms with van der Waals surface area (Å²) in [6, 6.07) is 1.24. The average Bonchev–Trinajstić information content (AvgIpc) is 2.04. The normalized spacial score (nSPS) is 9.50. The Morgan fingerprint density at radius 3 is 2.83 bits per heavy atom. The van der Waals surface area contributed by atoms with E-state index in [4.69, 9.17) is 0 Å².